The topological polar surface area (TPSA) is 83.9 Å². The fourth-order valence-corrected chi connectivity index (χ4v) is 2.85. The second kappa shape index (κ2) is 8.36. The number of carbonyl (C=O) groups is 1. The highest BCUT2D eigenvalue weighted by Crippen LogP contribution is 2.35. The first-order valence-electron chi connectivity index (χ1n) is 8.03. The van der Waals surface area contributed by atoms with Crippen LogP contribution in [0.5, 0.6) is 0 Å². The van der Waals surface area contributed by atoms with Crippen LogP contribution in [0, 0.1) is 11.3 Å². The number of amides is 1. The molecule has 1 aromatic carbocycles. The van der Waals surface area contributed by atoms with Gasteiger partial charge in [0, 0.05) is 0 Å². The Morgan fingerprint density at radius 1 is 1.21 bits per heavy atom. The zero-order valence-electron chi connectivity index (χ0n) is 14.4. The molecule has 0 aliphatic carbocycles. The fourth-order valence-electron chi connectivity index (χ4n) is 2.55. The van der Waals surface area contributed by atoms with Crippen molar-refractivity contribution in [3.63, 3.8) is 0 Å². The Morgan fingerprint density at radius 3 is 2.59 bits per heavy atom. The van der Waals surface area contributed by atoms with Crippen LogP contribution >= 0.6 is 11.6 Å². The van der Waals surface area contributed by atoms with Gasteiger partial charge in [0.2, 0.25) is 0 Å². The minimum atomic E-state index is -3.14. The number of hydrogen-bond donors (Lipinski definition) is 1. The van der Waals surface area contributed by atoms with Crippen molar-refractivity contribution in [1.29, 1.82) is 5.26 Å². The van der Waals surface area contributed by atoms with Crippen molar-refractivity contribution in [2.45, 2.75) is 19.4 Å². The summed E-state index contributed by atoms with van der Waals surface area (Å²) in [5.41, 5.74) is -1.33. The molecule has 0 fully saturated rings. The van der Waals surface area contributed by atoms with Gasteiger partial charge >= 0.3 is 0 Å². The van der Waals surface area contributed by atoms with E-state index >= 15 is 0 Å². The largest absolute Gasteiger partial charge is 0.454 e. The molecule has 1 amide bonds. The van der Waals surface area contributed by atoms with Gasteiger partial charge in [0.1, 0.15) is 23.2 Å². The predicted octanol–water partition coefficient (Wildman–Crippen LogP) is 5.18. The number of nitrogens with zero attached hydrogens (tertiary/aromatic N) is 3. The molecule has 6 nitrogen and oxygen atoms in total. The molecule has 2 heterocycles. The molecule has 29 heavy (non-hydrogen) atoms. The lowest BCUT2D eigenvalue weighted by Gasteiger charge is -2.06. The number of nitriles is 1. The molecule has 0 atom stereocenters. The first-order chi connectivity index (χ1) is 13.8. The van der Waals surface area contributed by atoms with Crippen molar-refractivity contribution < 1.29 is 26.8 Å². The van der Waals surface area contributed by atoms with Gasteiger partial charge in [-0.1, -0.05) is 23.7 Å². The molecule has 0 unspecified atom stereocenters. The van der Waals surface area contributed by atoms with Gasteiger partial charge in [-0.2, -0.15) is 10.4 Å². The normalized spacial score (nSPS) is 11.1. The molecule has 0 aliphatic heterocycles. The molecule has 150 valence electrons. The highest BCUT2D eigenvalue weighted by atomic mass is 35.5. The molecule has 1 N–H and O–H groups in total. The minimum Gasteiger partial charge on any atom is -0.454 e. The maximum absolute atomic E-state index is 13.2. The summed E-state index contributed by atoms with van der Waals surface area (Å²) >= 11 is 5.60. The van der Waals surface area contributed by atoms with Crippen LogP contribution in [0.4, 0.5) is 23.2 Å². The summed E-state index contributed by atoms with van der Waals surface area (Å²) in [6, 6.07) is 10.8. The molecular formula is C18H11ClF4N4O2. The van der Waals surface area contributed by atoms with Gasteiger partial charge in [-0.3, -0.25) is 9.48 Å². The van der Waals surface area contributed by atoms with Crippen LogP contribution in [0.25, 0.3) is 0 Å². The van der Waals surface area contributed by atoms with Crippen molar-refractivity contribution >= 4 is 23.2 Å². The summed E-state index contributed by atoms with van der Waals surface area (Å²) in [6.07, 6.45) is -6.26. The lowest BCUT2D eigenvalue weighted by molar-refractivity contribution is 0.0994. The SMILES string of the molecule is N#Cc1ccccc1NC(=O)c1ccc(Cn2nc(C(F)F)c(Cl)c2C(F)F)o1. The first kappa shape index (κ1) is 20.4. The number of furan rings is 1. The van der Waals surface area contributed by atoms with E-state index in [2.05, 4.69) is 10.4 Å². The number of carbonyl (C=O) groups excluding carboxylic acids is 1. The van der Waals surface area contributed by atoms with E-state index in [4.69, 9.17) is 21.3 Å². The molecule has 2 aromatic heterocycles. The minimum absolute atomic E-state index is 0.0191. The second-order valence-corrected chi connectivity index (χ2v) is 6.10. The highest BCUT2D eigenvalue weighted by molar-refractivity contribution is 6.32. The maximum atomic E-state index is 13.2. The van der Waals surface area contributed by atoms with Crippen molar-refractivity contribution in [3.8, 4) is 6.07 Å². The van der Waals surface area contributed by atoms with Crippen LogP contribution in [-0.4, -0.2) is 15.7 Å². The van der Waals surface area contributed by atoms with E-state index in [0.29, 0.717) is 4.68 Å². The third kappa shape index (κ3) is 4.25. The summed E-state index contributed by atoms with van der Waals surface area (Å²) in [7, 11) is 0. The zero-order chi connectivity index (χ0) is 21.1. The Labute approximate surface area is 166 Å². The molecule has 11 heteroatoms. The average molecular weight is 427 g/mol. The van der Waals surface area contributed by atoms with Gasteiger partial charge in [0.05, 0.1) is 22.8 Å². The summed E-state index contributed by atoms with van der Waals surface area (Å²) in [5, 5.41) is 14.2. The molecule has 0 aliphatic rings. The third-order valence-corrected chi connectivity index (χ3v) is 4.24. The highest BCUT2D eigenvalue weighted by Gasteiger charge is 2.28. The average Bonchev–Trinajstić information content (AvgIpc) is 3.27. The van der Waals surface area contributed by atoms with Gasteiger partial charge in [-0.05, 0) is 24.3 Å². The van der Waals surface area contributed by atoms with E-state index in [0.717, 1.165) is 0 Å². The zero-order valence-corrected chi connectivity index (χ0v) is 15.1. The van der Waals surface area contributed by atoms with Crippen LogP contribution < -0.4 is 5.32 Å². The first-order valence-corrected chi connectivity index (χ1v) is 8.41. The number of aromatic nitrogens is 2. The molecule has 0 bridgehead atoms. The van der Waals surface area contributed by atoms with Gasteiger partial charge in [-0.25, -0.2) is 17.6 Å². The molecule has 0 saturated heterocycles. The molecule has 3 rings (SSSR count). The van der Waals surface area contributed by atoms with E-state index in [9.17, 15) is 22.4 Å². The van der Waals surface area contributed by atoms with Crippen molar-refractivity contribution in [1.82, 2.24) is 9.78 Å². The van der Waals surface area contributed by atoms with E-state index in [1.54, 1.807) is 12.1 Å². The van der Waals surface area contributed by atoms with Crippen molar-refractivity contribution in [2.75, 3.05) is 5.32 Å². The number of hydrogen-bond acceptors (Lipinski definition) is 4. The number of nitrogens with one attached hydrogen (secondary N) is 1. The lowest BCUT2D eigenvalue weighted by atomic mass is 10.2. The summed E-state index contributed by atoms with van der Waals surface area (Å²) in [5.74, 6) is -0.830. The van der Waals surface area contributed by atoms with Crippen LogP contribution in [0.2, 0.25) is 5.02 Å². The lowest BCUT2D eigenvalue weighted by Crippen LogP contribution is -2.12. The quantitative estimate of drug-likeness (QED) is 0.551. The van der Waals surface area contributed by atoms with Gasteiger partial charge in [0.15, 0.2) is 5.76 Å². The molecule has 0 spiro atoms. The number of rotatable bonds is 6. The third-order valence-electron chi connectivity index (χ3n) is 3.86. The number of halogens is 5. The van der Waals surface area contributed by atoms with Crippen LogP contribution in [-0.2, 0) is 6.54 Å². The smallest absolute Gasteiger partial charge is 0.291 e. The van der Waals surface area contributed by atoms with E-state index in [1.165, 1.54) is 24.3 Å². The number of para-hydroxylation sites is 1. The Bertz CT molecular complexity index is 1090. The Morgan fingerprint density at radius 2 is 1.93 bits per heavy atom. The number of anilines is 1. The van der Waals surface area contributed by atoms with Crippen LogP contribution in [0.15, 0.2) is 40.8 Å². The fraction of sp³-hybridized carbons (Fsp3) is 0.167. The van der Waals surface area contributed by atoms with Gasteiger partial charge in [-0.15, -0.1) is 0 Å². The number of benzene rings is 1. The molecular weight excluding hydrogens is 416 g/mol. The van der Waals surface area contributed by atoms with E-state index < -0.39 is 41.7 Å². The van der Waals surface area contributed by atoms with Crippen LogP contribution in [0.1, 0.15) is 46.1 Å². The van der Waals surface area contributed by atoms with Crippen molar-refractivity contribution in [2.24, 2.45) is 0 Å². The Hall–Kier alpha value is -3.32. The monoisotopic (exact) mass is 426 g/mol. The number of alkyl halides is 4. The Balaban J connectivity index is 1.81. The summed E-state index contributed by atoms with van der Waals surface area (Å²) < 4.78 is 58.1. The molecule has 0 radical (unpaired) electrons. The van der Waals surface area contributed by atoms with Crippen LogP contribution in [0.3, 0.4) is 0 Å². The molecule has 0 saturated carbocycles. The Kier molecular flexibility index (Phi) is 5.89. The van der Waals surface area contributed by atoms with Gasteiger partial charge < -0.3 is 9.73 Å². The van der Waals surface area contributed by atoms with Crippen molar-refractivity contribution in [3.05, 3.63) is 69.9 Å². The van der Waals surface area contributed by atoms with Gasteiger partial charge in [0.25, 0.3) is 18.8 Å². The maximum Gasteiger partial charge on any atom is 0.291 e. The summed E-state index contributed by atoms with van der Waals surface area (Å²) in [4.78, 5) is 12.3. The standard InChI is InChI=1S/C18H11ClF4N4O2/c19-13-14(16(20)21)26-27(15(13)17(22)23)8-10-5-6-12(29-10)18(28)25-11-4-2-1-3-9(11)7-24/h1-6,16-17H,8H2,(H,25,28). The van der Waals surface area contributed by atoms with E-state index in [-0.39, 0.29) is 22.8 Å². The summed E-state index contributed by atoms with van der Waals surface area (Å²) in [6.45, 7) is -0.436. The van der Waals surface area contributed by atoms with E-state index in [1.807, 2.05) is 6.07 Å². The second-order valence-electron chi connectivity index (χ2n) is 5.72. The predicted molar refractivity (Wildman–Crippen MR) is 94.1 cm³/mol. The molecule has 3 aromatic rings.